The van der Waals surface area contributed by atoms with Gasteiger partial charge >= 0.3 is 12.5 Å². The molecule has 0 saturated heterocycles. The molecule has 124 valence electrons. The Balaban J connectivity index is 3.05. The van der Waals surface area contributed by atoms with Crippen LogP contribution >= 0.6 is 0 Å². The molecule has 0 bridgehead atoms. The molecule has 0 aliphatic carbocycles. The van der Waals surface area contributed by atoms with Gasteiger partial charge in [0.25, 0.3) is 0 Å². The van der Waals surface area contributed by atoms with E-state index in [0.29, 0.717) is 0 Å². The van der Waals surface area contributed by atoms with Gasteiger partial charge in [0.05, 0.1) is 11.6 Å². The van der Waals surface area contributed by atoms with Crippen molar-refractivity contribution in [3.63, 3.8) is 0 Å². The zero-order valence-corrected chi connectivity index (χ0v) is 11.7. The molecule has 0 aliphatic heterocycles. The van der Waals surface area contributed by atoms with Gasteiger partial charge in [-0.05, 0) is 31.5 Å². The summed E-state index contributed by atoms with van der Waals surface area (Å²) in [5.41, 5.74) is -1.21. The lowest BCUT2D eigenvalue weighted by Gasteiger charge is -2.25. The van der Waals surface area contributed by atoms with Gasteiger partial charge in [0, 0.05) is 6.42 Å². The molecule has 1 atom stereocenters. The Bertz CT molecular complexity index is 540. The van der Waals surface area contributed by atoms with E-state index in [0.717, 1.165) is 18.2 Å². The number of rotatable bonds is 5. The molecule has 0 aliphatic rings. The van der Waals surface area contributed by atoms with Crippen LogP contribution in [0.15, 0.2) is 18.2 Å². The highest BCUT2D eigenvalue weighted by atomic mass is 19.4. The number of nitrogens with one attached hydrogen (secondary N) is 1. The van der Waals surface area contributed by atoms with E-state index in [1.54, 1.807) is 0 Å². The van der Waals surface area contributed by atoms with Crippen molar-refractivity contribution in [3.05, 3.63) is 29.6 Å². The minimum Gasteiger partial charge on any atom is -0.465 e. The van der Waals surface area contributed by atoms with Crippen molar-refractivity contribution in [2.45, 2.75) is 38.3 Å². The molecule has 1 aromatic rings. The highest BCUT2D eigenvalue weighted by molar-refractivity contribution is 5.65. The van der Waals surface area contributed by atoms with Gasteiger partial charge in [-0.1, -0.05) is 6.07 Å². The smallest absolute Gasteiger partial charge is 0.465 e. The van der Waals surface area contributed by atoms with E-state index < -0.39 is 35.7 Å². The number of hydrogen-bond acceptors (Lipinski definition) is 3. The van der Waals surface area contributed by atoms with Crippen LogP contribution in [0.1, 0.15) is 31.9 Å². The van der Waals surface area contributed by atoms with Crippen molar-refractivity contribution in [1.82, 2.24) is 5.32 Å². The number of halogens is 4. The summed E-state index contributed by atoms with van der Waals surface area (Å²) in [6, 6.07) is 1.58. The molecule has 0 heterocycles. The first-order valence-corrected chi connectivity index (χ1v) is 6.14. The zero-order valence-electron chi connectivity index (χ0n) is 11.7. The molecule has 0 fully saturated rings. The summed E-state index contributed by atoms with van der Waals surface area (Å²) < 4.78 is 53.3. The highest BCUT2D eigenvalue weighted by Gasteiger charge is 2.33. The van der Waals surface area contributed by atoms with E-state index in [1.165, 1.54) is 13.8 Å². The molecule has 0 radical (unpaired) electrons. The Morgan fingerprint density at radius 1 is 1.36 bits per heavy atom. The normalized spacial score (nSPS) is 13.6. The second kappa shape index (κ2) is 6.39. The van der Waals surface area contributed by atoms with Crippen LogP contribution in [0.25, 0.3) is 0 Å². The van der Waals surface area contributed by atoms with Crippen molar-refractivity contribution >= 4 is 6.09 Å². The number of amides is 1. The van der Waals surface area contributed by atoms with Crippen LogP contribution in [0, 0.1) is 5.82 Å². The van der Waals surface area contributed by atoms with Crippen molar-refractivity contribution < 1.29 is 37.3 Å². The number of hydrogen-bond donors (Lipinski definition) is 3. The number of benzene rings is 1. The standard InChI is InChI=1S/C13H15F4NO4/c1-12(2,21)6-9(18-11(19)20)7-3-4-10(8(14)5-7)22-13(15,16)17/h3-5,9,18,21H,6H2,1-2H3,(H,19,20). The van der Waals surface area contributed by atoms with Gasteiger partial charge in [-0.3, -0.25) is 0 Å². The maximum Gasteiger partial charge on any atom is 0.573 e. The van der Waals surface area contributed by atoms with Crippen LogP contribution in [0.2, 0.25) is 0 Å². The number of alkyl halides is 3. The van der Waals surface area contributed by atoms with Crippen LogP contribution in [0.5, 0.6) is 5.75 Å². The van der Waals surface area contributed by atoms with Gasteiger partial charge in [-0.2, -0.15) is 0 Å². The topological polar surface area (TPSA) is 78.8 Å². The molecule has 0 spiro atoms. The van der Waals surface area contributed by atoms with Crippen LogP contribution in [-0.2, 0) is 0 Å². The van der Waals surface area contributed by atoms with Crippen LogP contribution in [-0.4, -0.2) is 28.3 Å². The number of aliphatic hydroxyl groups is 1. The molecule has 1 rings (SSSR count). The third kappa shape index (κ3) is 6.17. The van der Waals surface area contributed by atoms with Crippen molar-refractivity contribution in [3.8, 4) is 5.75 Å². The molecule has 3 N–H and O–H groups in total. The number of carbonyl (C=O) groups is 1. The average Bonchev–Trinajstić information content (AvgIpc) is 2.26. The van der Waals surface area contributed by atoms with E-state index in [4.69, 9.17) is 5.11 Å². The Hall–Kier alpha value is -2.03. The fourth-order valence-electron chi connectivity index (χ4n) is 1.84. The van der Waals surface area contributed by atoms with Crippen molar-refractivity contribution in [2.24, 2.45) is 0 Å². The van der Waals surface area contributed by atoms with Gasteiger partial charge in [-0.15, -0.1) is 13.2 Å². The van der Waals surface area contributed by atoms with Gasteiger partial charge in [0.2, 0.25) is 0 Å². The van der Waals surface area contributed by atoms with Crippen LogP contribution in [0.4, 0.5) is 22.4 Å². The first-order chi connectivity index (χ1) is 9.87. The summed E-state index contributed by atoms with van der Waals surface area (Å²) in [5.74, 6) is -2.31. The summed E-state index contributed by atoms with van der Waals surface area (Å²) >= 11 is 0. The summed E-state index contributed by atoms with van der Waals surface area (Å²) in [4.78, 5) is 10.7. The summed E-state index contributed by atoms with van der Waals surface area (Å²) in [6.07, 6.45) is -6.54. The van der Waals surface area contributed by atoms with E-state index in [2.05, 4.69) is 10.1 Å². The van der Waals surface area contributed by atoms with E-state index >= 15 is 0 Å². The fourth-order valence-corrected chi connectivity index (χ4v) is 1.84. The van der Waals surface area contributed by atoms with Crippen molar-refractivity contribution in [1.29, 1.82) is 0 Å². The summed E-state index contributed by atoms with van der Waals surface area (Å²) in [5, 5.41) is 20.6. The maximum atomic E-state index is 13.6. The lowest BCUT2D eigenvalue weighted by atomic mass is 9.94. The molecule has 22 heavy (non-hydrogen) atoms. The molecular formula is C13H15F4NO4. The SMILES string of the molecule is CC(C)(O)CC(NC(=O)O)c1ccc(OC(F)(F)F)c(F)c1. The molecular weight excluding hydrogens is 310 g/mol. The minimum absolute atomic E-state index is 0.0662. The largest absolute Gasteiger partial charge is 0.573 e. The first-order valence-electron chi connectivity index (χ1n) is 6.14. The molecule has 1 aromatic carbocycles. The predicted molar refractivity (Wildman–Crippen MR) is 67.9 cm³/mol. The summed E-state index contributed by atoms with van der Waals surface area (Å²) in [7, 11) is 0. The van der Waals surface area contributed by atoms with E-state index in [1.807, 2.05) is 0 Å². The second-order valence-corrected chi connectivity index (χ2v) is 5.26. The Morgan fingerprint density at radius 2 is 1.95 bits per heavy atom. The van der Waals surface area contributed by atoms with E-state index in [9.17, 15) is 27.5 Å². The lowest BCUT2D eigenvalue weighted by molar-refractivity contribution is -0.275. The van der Waals surface area contributed by atoms with Crippen molar-refractivity contribution in [2.75, 3.05) is 0 Å². The number of carboxylic acid groups (broad SMARTS) is 1. The molecule has 0 saturated carbocycles. The third-order valence-corrected chi connectivity index (χ3v) is 2.59. The first kappa shape index (κ1) is 18.0. The highest BCUT2D eigenvalue weighted by Crippen LogP contribution is 2.30. The number of ether oxygens (including phenoxy) is 1. The molecule has 5 nitrogen and oxygen atoms in total. The van der Waals surface area contributed by atoms with Crippen LogP contribution < -0.4 is 10.1 Å². The van der Waals surface area contributed by atoms with Gasteiger partial charge in [-0.25, -0.2) is 9.18 Å². The average molecular weight is 325 g/mol. The lowest BCUT2D eigenvalue weighted by Crippen LogP contribution is -2.33. The third-order valence-electron chi connectivity index (χ3n) is 2.59. The van der Waals surface area contributed by atoms with E-state index in [-0.39, 0.29) is 12.0 Å². The quantitative estimate of drug-likeness (QED) is 0.727. The van der Waals surface area contributed by atoms with Crippen LogP contribution in [0.3, 0.4) is 0 Å². The minimum atomic E-state index is -5.03. The zero-order chi connectivity index (χ0) is 17.1. The fraction of sp³-hybridized carbons (Fsp3) is 0.462. The molecule has 0 aromatic heterocycles. The molecule has 1 amide bonds. The van der Waals surface area contributed by atoms with Gasteiger partial charge < -0.3 is 20.3 Å². The molecule has 1 unspecified atom stereocenters. The summed E-state index contributed by atoms with van der Waals surface area (Å²) in [6.45, 7) is 2.84. The maximum absolute atomic E-state index is 13.6. The predicted octanol–water partition coefficient (Wildman–Crippen LogP) is 3.19. The second-order valence-electron chi connectivity index (χ2n) is 5.26. The Kier molecular flexibility index (Phi) is 5.23. The Labute approximate surface area is 123 Å². The molecule has 9 heteroatoms. The van der Waals surface area contributed by atoms with Gasteiger partial charge in [0.1, 0.15) is 0 Å². The van der Waals surface area contributed by atoms with Gasteiger partial charge in [0.15, 0.2) is 11.6 Å². The monoisotopic (exact) mass is 325 g/mol. The Morgan fingerprint density at radius 3 is 2.36 bits per heavy atom.